The zero-order chi connectivity index (χ0) is 20.7. The van der Waals surface area contributed by atoms with Crippen LogP contribution in [-0.4, -0.2) is 47.3 Å². The molecule has 5 heterocycles. The minimum Gasteiger partial charge on any atom is -0.365 e. The highest BCUT2D eigenvalue weighted by Gasteiger charge is 2.29. The summed E-state index contributed by atoms with van der Waals surface area (Å²) in [6.07, 6.45) is 2.13. The molecule has 2 aliphatic rings. The van der Waals surface area contributed by atoms with Gasteiger partial charge in [0.05, 0.1) is 17.6 Å². The summed E-state index contributed by atoms with van der Waals surface area (Å²) in [6.45, 7) is 7.49. The third kappa shape index (κ3) is 3.06. The Morgan fingerprint density at radius 1 is 1.20 bits per heavy atom. The van der Waals surface area contributed by atoms with Gasteiger partial charge in [0.15, 0.2) is 5.82 Å². The molecule has 0 radical (unpaired) electrons. The molecule has 5 rings (SSSR count). The predicted octanol–water partition coefficient (Wildman–Crippen LogP) is 2.66. The van der Waals surface area contributed by atoms with Gasteiger partial charge in [-0.05, 0) is 30.2 Å². The molecule has 8 heteroatoms. The second-order valence-corrected chi connectivity index (χ2v) is 7.91. The van der Waals surface area contributed by atoms with Gasteiger partial charge in [-0.25, -0.2) is 13.9 Å². The van der Waals surface area contributed by atoms with Crippen LogP contribution in [-0.2, 0) is 6.54 Å². The molecule has 0 amide bonds. The van der Waals surface area contributed by atoms with Gasteiger partial charge in [-0.1, -0.05) is 13.0 Å². The third-order valence-electron chi connectivity index (χ3n) is 6.17. The van der Waals surface area contributed by atoms with E-state index >= 15 is 0 Å². The first-order valence-corrected chi connectivity index (χ1v) is 10.5. The lowest BCUT2D eigenvalue weighted by Crippen LogP contribution is -2.44. The maximum atomic E-state index is 14.6. The number of hydrogen-bond acceptors (Lipinski definition) is 6. The van der Waals surface area contributed by atoms with Gasteiger partial charge in [0.25, 0.3) is 0 Å². The standard InChI is InChI=1S/C22H24FN7/c1-2-15-13-29(19-5-4-17(11-24)30-22(19)18(23)12-26-30)14-16-3-6-20(27-21(15)16)28-9-7-25-8-10-28/h3-6,12,15,25H,2,7-10,13-14H2,1H3/t15-/m1/s1. The Morgan fingerprint density at radius 2 is 2.03 bits per heavy atom. The zero-order valence-electron chi connectivity index (χ0n) is 17.0. The fraction of sp³-hybridized carbons (Fsp3) is 0.409. The second-order valence-electron chi connectivity index (χ2n) is 7.91. The summed E-state index contributed by atoms with van der Waals surface area (Å²) < 4.78 is 16.0. The molecule has 0 aliphatic carbocycles. The highest BCUT2D eigenvalue weighted by Crippen LogP contribution is 2.36. The van der Waals surface area contributed by atoms with E-state index < -0.39 is 5.82 Å². The van der Waals surface area contributed by atoms with Crippen LogP contribution in [0.25, 0.3) is 5.52 Å². The summed E-state index contributed by atoms with van der Waals surface area (Å²) in [5.74, 6) is 0.899. The molecular weight excluding hydrogens is 381 g/mol. The molecule has 1 saturated heterocycles. The Labute approximate surface area is 174 Å². The molecule has 0 unspecified atom stereocenters. The van der Waals surface area contributed by atoms with Crippen molar-refractivity contribution in [3.05, 3.63) is 53.2 Å². The molecular formula is C22H24FN7. The number of hydrogen-bond donors (Lipinski definition) is 1. The number of piperazine rings is 1. The first-order chi connectivity index (χ1) is 14.7. The van der Waals surface area contributed by atoms with E-state index in [1.165, 1.54) is 16.3 Å². The van der Waals surface area contributed by atoms with Crippen LogP contribution in [0.1, 0.15) is 36.2 Å². The van der Waals surface area contributed by atoms with Gasteiger partial charge in [-0.2, -0.15) is 10.4 Å². The van der Waals surface area contributed by atoms with E-state index in [2.05, 4.69) is 45.3 Å². The van der Waals surface area contributed by atoms with Gasteiger partial charge < -0.3 is 15.1 Å². The smallest absolute Gasteiger partial charge is 0.171 e. The largest absolute Gasteiger partial charge is 0.365 e. The summed E-state index contributed by atoms with van der Waals surface area (Å²) in [5, 5.41) is 16.8. The molecule has 0 spiro atoms. The van der Waals surface area contributed by atoms with Crippen LogP contribution in [0, 0.1) is 17.1 Å². The number of aromatic nitrogens is 3. The lowest BCUT2D eigenvalue weighted by atomic mass is 9.92. The van der Waals surface area contributed by atoms with Crippen LogP contribution >= 0.6 is 0 Å². The van der Waals surface area contributed by atoms with Crippen LogP contribution in [0.2, 0.25) is 0 Å². The lowest BCUT2D eigenvalue weighted by molar-refractivity contribution is 0.558. The van der Waals surface area contributed by atoms with E-state index in [0.29, 0.717) is 17.8 Å². The van der Waals surface area contributed by atoms with Gasteiger partial charge in [0.1, 0.15) is 23.1 Å². The van der Waals surface area contributed by atoms with E-state index in [1.54, 1.807) is 6.07 Å². The van der Waals surface area contributed by atoms with Crippen LogP contribution in [0.3, 0.4) is 0 Å². The van der Waals surface area contributed by atoms with E-state index in [0.717, 1.165) is 56.3 Å². The van der Waals surface area contributed by atoms with E-state index in [4.69, 9.17) is 4.98 Å². The SMILES string of the molecule is CC[C@@H]1CN(c2ccc(C#N)n3ncc(F)c23)Cc2ccc(N3CCNCC3)nc21. The first-order valence-electron chi connectivity index (χ1n) is 10.5. The predicted molar refractivity (Wildman–Crippen MR) is 113 cm³/mol. The Balaban J connectivity index is 1.52. The van der Waals surface area contributed by atoms with E-state index in [9.17, 15) is 9.65 Å². The van der Waals surface area contributed by atoms with Crippen LogP contribution in [0.4, 0.5) is 15.9 Å². The normalized spacial score (nSPS) is 19.0. The maximum absolute atomic E-state index is 14.6. The summed E-state index contributed by atoms with van der Waals surface area (Å²) in [6, 6.07) is 9.89. The number of nitrogens with one attached hydrogen (secondary N) is 1. The van der Waals surface area contributed by atoms with Crippen molar-refractivity contribution in [1.82, 2.24) is 19.9 Å². The van der Waals surface area contributed by atoms with Crippen molar-refractivity contribution < 1.29 is 4.39 Å². The molecule has 1 fully saturated rings. The van der Waals surface area contributed by atoms with Crippen LogP contribution < -0.4 is 15.1 Å². The maximum Gasteiger partial charge on any atom is 0.171 e. The topological polar surface area (TPSA) is 72.5 Å². The molecule has 1 N–H and O–H groups in total. The minimum atomic E-state index is -0.409. The fourth-order valence-electron chi connectivity index (χ4n) is 4.57. The number of fused-ring (bicyclic) bond motifs is 2. The van der Waals surface area contributed by atoms with Gasteiger partial charge in [0.2, 0.25) is 0 Å². The highest BCUT2D eigenvalue weighted by molar-refractivity contribution is 5.75. The van der Waals surface area contributed by atoms with Crippen molar-refractivity contribution in [2.75, 3.05) is 42.5 Å². The van der Waals surface area contributed by atoms with E-state index in [1.807, 2.05) is 6.07 Å². The van der Waals surface area contributed by atoms with Crippen molar-refractivity contribution in [2.45, 2.75) is 25.8 Å². The van der Waals surface area contributed by atoms with Crippen LogP contribution in [0.5, 0.6) is 0 Å². The second kappa shape index (κ2) is 7.58. The molecule has 0 bridgehead atoms. The van der Waals surface area contributed by atoms with E-state index in [-0.39, 0.29) is 5.92 Å². The summed E-state index contributed by atoms with van der Waals surface area (Å²) in [5.41, 5.74) is 3.78. The lowest BCUT2D eigenvalue weighted by Gasteiger charge is -2.36. The fourth-order valence-corrected chi connectivity index (χ4v) is 4.57. The summed E-state index contributed by atoms with van der Waals surface area (Å²) in [4.78, 5) is 9.57. The number of nitrogens with zero attached hydrogens (tertiary/aromatic N) is 6. The molecule has 0 saturated carbocycles. The van der Waals surface area contributed by atoms with Crippen molar-refractivity contribution in [1.29, 1.82) is 5.26 Å². The Morgan fingerprint density at radius 3 is 2.80 bits per heavy atom. The molecule has 2 aliphatic heterocycles. The van der Waals surface area contributed by atoms with Crippen molar-refractivity contribution in [3.8, 4) is 6.07 Å². The molecule has 0 aromatic carbocycles. The van der Waals surface area contributed by atoms with Crippen molar-refractivity contribution >= 4 is 17.0 Å². The van der Waals surface area contributed by atoms with Crippen molar-refractivity contribution in [3.63, 3.8) is 0 Å². The van der Waals surface area contributed by atoms with Crippen molar-refractivity contribution in [2.24, 2.45) is 0 Å². The molecule has 1 atom stereocenters. The van der Waals surface area contributed by atoms with Gasteiger partial charge in [0, 0.05) is 45.2 Å². The van der Waals surface area contributed by atoms with Crippen LogP contribution in [0.15, 0.2) is 30.5 Å². The molecule has 30 heavy (non-hydrogen) atoms. The molecule has 3 aromatic rings. The number of pyridine rings is 2. The molecule has 154 valence electrons. The molecule has 7 nitrogen and oxygen atoms in total. The molecule has 3 aromatic heterocycles. The zero-order valence-corrected chi connectivity index (χ0v) is 17.0. The summed E-state index contributed by atoms with van der Waals surface area (Å²) in [7, 11) is 0. The quantitative estimate of drug-likeness (QED) is 0.722. The number of nitriles is 1. The van der Waals surface area contributed by atoms with Gasteiger partial charge >= 0.3 is 0 Å². The number of anilines is 2. The Hall–Kier alpha value is -3.18. The minimum absolute atomic E-state index is 0.262. The Kier molecular flexibility index (Phi) is 4.75. The van der Waals surface area contributed by atoms with Gasteiger partial charge in [-0.15, -0.1) is 0 Å². The van der Waals surface area contributed by atoms with Gasteiger partial charge in [-0.3, -0.25) is 0 Å². The first kappa shape index (κ1) is 18.8. The average Bonchev–Trinajstić information content (AvgIpc) is 3.19. The number of halogens is 1. The Bertz CT molecular complexity index is 1130. The third-order valence-corrected chi connectivity index (χ3v) is 6.17. The summed E-state index contributed by atoms with van der Waals surface area (Å²) >= 11 is 0. The monoisotopic (exact) mass is 405 g/mol. The number of rotatable bonds is 3. The highest BCUT2D eigenvalue weighted by atomic mass is 19.1. The average molecular weight is 405 g/mol.